The van der Waals surface area contributed by atoms with Crippen LogP contribution in [0.25, 0.3) is 11.3 Å². The van der Waals surface area contributed by atoms with E-state index in [1.807, 2.05) is 6.20 Å². The van der Waals surface area contributed by atoms with Crippen LogP contribution in [0.4, 0.5) is 0 Å². The molecule has 3 heteroatoms. The van der Waals surface area contributed by atoms with Crippen LogP contribution in [0.3, 0.4) is 0 Å². The zero-order valence-corrected chi connectivity index (χ0v) is 7.80. The number of nitriles is 1. The molecule has 2 aliphatic rings. The third-order valence-corrected chi connectivity index (χ3v) is 3.14. The quantitative estimate of drug-likeness (QED) is 0.588. The summed E-state index contributed by atoms with van der Waals surface area (Å²) < 4.78 is 0. The summed E-state index contributed by atoms with van der Waals surface area (Å²) in [4.78, 5) is 3.15. The summed E-state index contributed by atoms with van der Waals surface area (Å²) in [6, 6.07) is 4.37. The molecule has 1 aliphatic heterocycles. The minimum Gasteiger partial charge on any atom is -0.388 e. The molecule has 0 aromatic carbocycles. The summed E-state index contributed by atoms with van der Waals surface area (Å²) in [6.45, 7) is 1.04. The van der Waals surface area contributed by atoms with Gasteiger partial charge in [-0.15, -0.1) is 0 Å². The van der Waals surface area contributed by atoms with E-state index < -0.39 is 0 Å². The molecule has 2 N–H and O–H groups in total. The average molecular weight is 185 g/mol. The normalized spacial score (nSPS) is 23.8. The molecule has 0 spiro atoms. The fraction of sp³-hybridized carbons (Fsp3) is 0.364. The van der Waals surface area contributed by atoms with E-state index in [2.05, 4.69) is 22.4 Å². The maximum absolute atomic E-state index is 9.04. The number of nitrogens with one attached hydrogen (secondary N) is 2. The summed E-state index contributed by atoms with van der Waals surface area (Å²) >= 11 is 0. The minimum absolute atomic E-state index is 0.549. The van der Waals surface area contributed by atoms with Gasteiger partial charge in [-0.2, -0.15) is 5.26 Å². The maximum atomic E-state index is 9.04. The van der Waals surface area contributed by atoms with Crippen molar-refractivity contribution in [1.29, 1.82) is 5.26 Å². The van der Waals surface area contributed by atoms with Crippen molar-refractivity contribution in [3.05, 3.63) is 22.8 Å². The molecule has 0 unspecified atom stereocenters. The van der Waals surface area contributed by atoms with Crippen LogP contribution in [0.15, 0.2) is 12.3 Å². The molecule has 1 aliphatic carbocycles. The van der Waals surface area contributed by atoms with Gasteiger partial charge in [-0.3, -0.25) is 0 Å². The Morgan fingerprint density at radius 2 is 2.43 bits per heavy atom. The first-order chi connectivity index (χ1) is 6.90. The third-order valence-electron chi connectivity index (χ3n) is 3.14. The van der Waals surface area contributed by atoms with Gasteiger partial charge in [0.2, 0.25) is 0 Å². The van der Waals surface area contributed by atoms with Gasteiger partial charge < -0.3 is 10.3 Å². The lowest BCUT2D eigenvalue weighted by Gasteiger charge is -2.14. The molecular formula is C11H11N3. The maximum Gasteiger partial charge on any atom is 0.0969 e. The highest BCUT2D eigenvalue weighted by atomic mass is 14.9. The van der Waals surface area contributed by atoms with Crippen LogP contribution >= 0.6 is 0 Å². The number of hydrogen-bond acceptors (Lipinski definition) is 2. The molecule has 3 rings (SSSR count). The Bertz CT molecular complexity index is 530. The van der Waals surface area contributed by atoms with Gasteiger partial charge in [0, 0.05) is 29.6 Å². The van der Waals surface area contributed by atoms with E-state index in [9.17, 15) is 0 Å². The summed E-state index contributed by atoms with van der Waals surface area (Å²) in [5.41, 5.74) is 2.24. The topological polar surface area (TPSA) is 51.6 Å². The average Bonchev–Trinajstić information content (AvgIpc) is 2.83. The molecular weight excluding hydrogens is 174 g/mol. The van der Waals surface area contributed by atoms with Gasteiger partial charge in [0.15, 0.2) is 0 Å². The van der Waals surface area contributed by atoms with Crippen molar-refractivity contribution in [2.45, 2.75) is 12.8 Å². The van der Waals surface area contributed by atoms with Crippen molar-refractivity contribution in [3.8, 4) is 6.07 Å². The molecule has 0 amide bonds. The summed E-state index contributed by atoms with van der Waals surface area (Å²) in [6.07, 6.45) is 3.97. The first kappa shape index (κ1) is 7.69. The predicted molar refractivity (Wildman–Crippen MR) is 53.2 cm³/mol. The van der Waals surface area contributed by atoms with E-state index in [-0.39, 0.29) is 0 Å². The first-order valence-electron chi connectivity index (χ1n) is 4.95. The van der Waals surface area contributed by atoms with Gasteiger partial charge in [-0.05, 0) is 18.9 Å². The fourth-order valence-electron chi connectivity index (χ4n) is 2.48. The highest BCUT2D eigenvalue weighted by Crippen LogP contribution is 2.27. The van der Waals surface area contributed by atoms with Crippen molar-refractivity contribution >= 4 is 11.3 Å². The molecule has 1 fully saturated rings. The molecule has 1 saturated heterocycles. The van der Waals surface area contributed by atoms with Gasteiger partial charge in [0.1, 0.15) is 0 Å². The van der Waals surface area contributed by atoms with Crippen LogP contribution in [0.2, 0.25) is 0 Å². The van der Waals surface area contributed by atoms with Crippen molar-refractivity contribution in [2.75, 3.05) is 6.54 Å². The lowest BCUT2D eigenvalue weighted by atomic mass is 9.91. The number of rotatable bonds is 0. The Kier molecular flexibility index (Phi) is 1.45. The summed E-state index contributed by atoms with van der Waals surface area (Å²) in [7, 11) is 0. The number of H-pyrrole nitrogens is 1. The number of fused-ring (bicyclic) bond motifs is 2. The van der Waals surface area contributed by atoms with Crippen molar-refractivity contribution in [3.63, 3.8) is 0 Å². The van der Waals surface area contributed by atoms with Gasteiger partial charge in [0.25, 0.3) is 0 Å². The van der Waals surface area contributed by atoms with E-state index in [1.54, 1.807) is 0 Å². The summed E-state index contributed by atoms with van der Waals surface area (Å²) in [5, 5.41) is 14.7. The van der Waals surface area contributed by atoms with E-state index in [4.69, 9.17) is 5.26 Å². The number of aromatic amines is 1. The van der Waals surface area contributed by atoms with Crippen LogP contribution in [-0.4, -0.2) is 11.5 Å². The van der Waals surface area contributed by atoms with E-state index in [1.165, 1.54) is 10.9 Å². The molecule has 1 aromatic rings. The van der Waals surface area contributed by atoms with Crippen LogP contribution < -0.4 is 15.9 Å². The molecule has 70 valence electrons. The SMILES string of the molecule is N#CC1=c2[nH]ccc2=C2NCC[C@H]2C1. The standard InChI is InChI=1S/C11H11N3/c12-6-8-5-7-1-3-13-10(7)9-2-4-14-11(8)9/h2,4,7,13-14H,1,3,5H2/t7-/m0/s1. The van der Waals surface area contributed by atoms with E-state index in [0.29, 0.717) is 5.92 Å². The van der Waals surface area contributed by atoms with Crippen LogP contribution in [0, 0.1) is 17.2 Å². The molecule has 0 bridgehead atoms. The fourth-order valence-corrected chi connectivity index (χ4v) is 2.48. The Balaban J connectivity index is 2.42. The minimum atomic E-state index is 0.549. The second-order valence-electron chi connectivity index (χ2n) is 3.89. The monoisotopic (exact) mass is 185 g/mol. The van der Waals surface area contributed by atoms with Crippen LogP contribution in [0.5, 0.6) is 0 Å². The lowest BCUT2D eigenvalue weighted by molar-refractivity contribution is 0.688. The Morgan fingerprint density at radius 3 is 3.29 bits per heavy atom. The zero-order valence-electron chi connectivity index (χ0n) is 7.80. The smallest absolute Gasteiger partial charge is 0.0969 e. The molecule has 0 saturated carbocycles. The van der Waals surface area contributed by atoms with Crippen molar-refractivity contribution in [1.82, 2.24) is 10.3 Å². The number of aromatic nitrogens is 1. The Hall–Kier alpha value is -1.69. The van der Waals surface area contributed by atoms with Crippen LogP contribution in [-0.2, 0) is 0 Å². The summed E-state index contributed by atoms with van der Waals surface area (Å²) in [5.74, 6) is 0.549. The first-order valence-corrected chi connectivity index (χ1v) is 4.95. The molecule has 14 heavy (non-hydrogen) atoms. The number of nitrogens with zero attached hydrogens (tertiary/aromatic N) is 1. The van der Waals surface area contributed by atoms with Crippen molar-refractivity contribution in [2.24, 2.45) is 5.92 Å². The number of hydrogen-bond donors (Lipinski definition) is 2. The highest BCUT2D eigenvalue weighted by Gasteiger charge is 2.26. The van der Waals surface area contributed by atoms with Gasteiger partial charge in [-0.25, -0.2) is 0 Å². The zero-order chi connectivity index (χ0) is 9.54. The lowest BCUT2D eigenvalue weighted by Crippen LogP contribution is -2.35. The van der Waals surface area contributed by atoms with E-state index >= 15 is 0 Å². The van der Waals surface area contributed by atoms with Crippen LogP contribution in [0.1, 0.15) is 12.8 Å². The third kappa shape index (κ3) is 0.856. The van der Waals surface area contributed by atoms with E-state index in [0.717, 1.165) is 30.3 Å². The van der Waals surface area contributed by atoms with Gasteiger partial charge in [-0.1, -0.05) is 0 Å². The molecule has 3 nitrogen and oxygen atoms in total. The second-order valence-corrected chi connectivity index (χ2v) is 3.89. The molecule has 2 heterocycles. The Labute approximate surface area is 81.7 Å². The van der Waals surface area contributed by atoms with Gasteiger partial charge in [0.05, 0.1) is 17.0 Å². The molecule has 1 aromatic heterocycles. The largest absolute Gasteiger partial charge is 0.388 e. The molecule has 0 radical (unpaired) electrons. The second kappa shape index (κ2) is 2.65. The Morgan fingerprint density at radius 1 is 1.50 bits per heavy atom. The molecule has 1 atom stereocenters. The predicted octanol–water partition coefficient (Wildman–Crippen LogP) is -0.190. The van der Waals surface area contributed by atoms with Gasteiger partial charge >= 0.3 is 0 Å². The van der Waals surface area contributed by atoms with Crippen molar-refractivity contribution < 1.29 is 0 Å². The highest BCUT2D eigenvalue weighted by molar-refractivity contribution is 5.66.